The molecule has 1 aliphatic rings. The minimum atomic E-state index is -0.608. The number of nitrogens with one attached hydrogen (secondary N) is 2. The minimum absolute atomic E-state index is 0.163. The third kappa shape index (κ3) is 2.66. The number of hydrogen-bond acceptors (Lipinski definition) is 3. The van der Waals surface area contributed by atoms with Crippen LogP contribution < -0.4 is 16.1 Å². The third-order valence-corrected chi connectivity index (χ3v) is 4.42. The van der Waals surface area contributed by atoms with E-state index >= 15 is 0 Å². The molecule has 6 nitrogen and oxygen atoms in total. The molecular weight excluding hydrogens is 313 g/mol. The maximum absolute atomic E-state index is 13.6. The Morgan fingerprint density at radius 3 is 2.67 bits per heavy atom. The minimum Gasteiger partial charge on any atom is -0.311 e. The molecule has 1 amide bonds. The van der Waals surface area contributed by atoms with E-state index in [9.17, 15) is 18.8 Å². The molecule has 0 atom stereocenters. The van der Waals surface area contributed by atoms with E-state index in [1.54, 1.807) is 13.0 Å². The number of H-pyrrole nitrogens is 2. The maximum atomic E-state index is 13.6. The molecule has 0 radical (unpaired) electrons. The molecule has 7 heteroatoms. The van der Waals surface area contributed by atoms with Crippen LogP contribution in [0, 0.1) is 12.7 Å². The number of carbonyl (C=O) groups is 1. The van der Waals surface area contributed by atoms with E-state index in [-0.39, 0.29) is 23.3 Å². The van der Waals surface area contributed by atoms with Gasteiger partial charge < -0.3 is 9.88 Å². The summed E-state index contributed by atoms with van der Waals surface area (Å²) < 4.78 is 13.6. The van der Waals surface area contributed by atoms with Gasteiger partial charge in [0.2, 0.25) is 5.91 Å². The number of aromatic amines is 2. The van der Waals surface area contributed by atoms with Crippen molar-refractivity contribution < 1.29 is 9.18 Å². The molecule has 2 aromatic rings. The van der Waals surface area contributed by atoms with Crippen molar-refractivity contribution in [2.24, 2.45) is 0 Å². The molecule has 0 spiro atoms. The molecule has 0 aliphatic carbocycles. The van der Waals surface area contributed by atoms with Gasteiger partial charge in [0.05, 0.1) is 12.1 Å². The number of rotatable bonds is 2. The summed E-state index contributed by atoms with van der Waals surface area (Å²) in [5, 5.41) is 0. The van der Waals surface area contributed by atoms with Gasteiger partial charge in [-0.25, -0.2) is 9.18 Å². The first kappa shape index (κ1) is 16.2. The smallest absolute Gasteiger partial charge is 0.311 e. The van der Waals surface area contributed by atoms with Crippen molar-refractivity contribution in [3.05, 3.63) is 61.7 Å². The van der Waals surface area contributed by atoms with Crippen molar-refractivity contribution in [3.63, 3.8) is 0 Å². The quantitative estimate of drug-likeness (QED) is 0.872. The summed E-state index contributed by atoms with van der Waals surface area (Å²) in [4.78, 5) is 42.0. The summed E-state index contributed by atoms with van der Waals surface area (Å²) in [6.07, 6.45) is -0.163. The summed E-state index contributed by atoms with van der Waals surface area (Å²) in [7, 11) is 0. The fraction of sp³-hybridized carbons (Fsp3) is 0.353. The van der Waals surface area contributed by atoms with E-state index in [0.29, 0.717) is 17.9 Å². The van der Waals surface area contributed by atoms with E-state index in [4.69, 9.17) is 0 Å². The van der Waals surface area contributed by atoms with Crippen LogP contribution in [0.2, 0.25) is 0 Å². The number of nitrogens with zero attached hydrogens (tertiary/aromatic N) is 1. The van der Waals surface area contributed by atoms with Crippen molar-refractivity contribution in [2.45, 2.75) is 32.6 Å². The second-order valence-corrected chi connectivity index (χ2v) is 6.71. The van der Waals surface area contributed by atoms with Crippen LogP contribution in [-0.2, 0) is 16.6 Å². The number of fused-ring (bicyclic) bond motifs is 1. The van der Waals surface area contributed by atoms with E-state index < -0.39 is 17.1 Å². The lowest BCUT2D eigenvalue weighted by atomic mass is 9.87. The Morgan fingerprint density at radius 1 is 1.29 bits per heavy atom. The Labute approximate surface area is 137 Å². The van der Waals surface area contributed by atoms with Crippen molar-refractivity contribution in [3.8, 4) is 0 Å². The number of carbonyl (C=O) groups excluding carboxylic acids is 1. The molecule has 0 saturated heterocycles. The first-order valence-corrected chi connectivity index (χ1v) is 7.61. The van der Waals surface area contributed by atoms with Crippen LogP contribution in [0.25, 0.3) is 0 Å². The lowest BCUT2D eigenvalue weighted by molar-refractivity contribution is -0.118. The molecule has 2 heterocycles. The Balaban J connectivity index is 1.97. The molecule has 3 rings (SSSR count). The summed E-state index contributed by atoms with van der Waals surface area (Å²) in [5.41, 5.74) is 0.501. The van der Waals surface area contributed by atoms with Crippen LogP contribution >= 0.6 is 0 Å². The molecule has 0 saturated carbocycles. The predicted octanol–water partition coefficient (Wildman–Crippen LogP) is 1.38. The zero-order valence-electron chi connectivity index (χ0n) is 13.7. The summed E-state index contributed by atoms with van der Waals surface area (Å²) in [5.74, 6) is -0.726. The molecule has 2 N–H and O–H groups in total. The van der Waals surface area contributed by atoms with Gasteiger partial charge in [-0.05, 0) is 24.6 Å². The fourth-order valence-corrected chi connectivity index (χ4v) is 3.17. The van der Waals surface area contributed by atoms with Gasteiger partial charge in [-0.2, -0.15) is 0 Å². The molecule has 126 valence electrons. The van der Waals surface area contributed by atoms with Crippen LogP contribution in [0.5, 0.6) is 0 Å². The predicted molar refractivity (Wildman–Crippen MR) is 87.9 cm³/mol. The number of anilines is 1. The Hall–Kier alpha value is -2.70. The molecule has 1 aromatic heterocycles. The molecule has 1 aliphatic heterocycles. The summed E-state index contributed by atoms with van der Waals surface area (Å²) in [6, 6.07) is 4.41. The van der Waals surface area contributed by atoms with Gasteiger partial charge in [0.15, 0.2) is 0 Å². The Morgan fingerprint density at radius 2 is 2.00 bits per heavy atom. The zero-order chi connectivity index (χ0) is 17.6. The number of benzene rings is 1. The van der Waals surface area contributed by atoms with E-state index in [1.165, 1.54) is 17.0 Å². The van der Waals surface area contributed by atoms with E-state index in [1.807, 2.05) is 13.8 Å². The number of aryl methyl sites for hydroxylation is 1. The Kier molecular flexibility index (Phi) is 3.66. The largest absolute Gasteiger partial charge is 0.325 e. The van der Waals surface area contributed by atoms with Gasteiger partial charge in [-0.15, -0.1) is 0 Å². The second kappa shape index (κ2) is 5.43. The normalized spacial score (nSPS) is 15.4. The fourth-order valence-electron chi connectivity index (χ4n) is 3.17. The summed E-state index contributed by atoms with van der Waals surface area (Å²) in [6.45, 7) is 5.94. The highest BCUT2D eigenvalue weighted by atomic mass is 19.1. The van der Waals surface area contributed by atoms with Gasteiger partial charge >= 0.3 is 5.69 Å². The average Bonchev–Trinajstić information content (AvgIpc) is 2.73. The topological polar surface area (TPSA) is 86.0 Å². The monoisotopic (exact) mass is 331 g/mol. The highest BCUT2D eigenvalue weighted by Crippen LogP contribution is 2.40. The standard InChI is InChI=1S/C17H18FN3O3/c1-9-11(15(23)20-16(24)19-9)7-14(22)21-8-17(2,3)12-5-4-10(18)6-13(12)21/h4-6H,7-8H2,1-3H3,(H2,19,20,23,24). The number of amides is 1. The van der Waals surface area contributed by atoms with E-state index in [0.717, 1.165) is 5.56 Å². The van der Waals surface area contributed by atoms with Crippen LogP contribution in [-0.4, -0.2) is 22.4 Å². The first-order valence-electron chi connectivity index (χ1n) is 7.61. The Bertz CT molecular complexity index is 943. The molecule has 0 fully saturated rings. The van der Waals surface area contributed by atoms with Crippen molar-refractivity contribution in [1.82, 2.24) is 9.97 Å². The van der Waals surface area contributed by atoms with Crippen LogP contribution in [0.15, 0.2) is 27.8 Å². The van der Waals surface area contributed by atoms with Crippen LogP contribution in [0.3, 0.4) is 0 Å². The van der Waals surface area contributed by atoms with Gasteiger partial charge in [0, 0.05) is 23.2 Å². The number of halogens is 1. The molecule has 0 unspecified atom stereocenters. The van der Waals surface area contributed by atoms with Gasteiger partial charge in [-0.1, -0.05) is 19.9 Å². The summed E-state index contributed by atoms with van der Waals surface area (Å²) >= 11 is 0. The molecule has 24 heavy (non-hydrogen) atoms. The zero-order valence-corrected chi connectivity index (χ0v) is 13.7. The number of hydrogen-bond donors (Lipinski definition) is 2. The second-order valence-electron chi connectivity index (χ2n) is 6.71. The molecular formula is C17H18FN3O3. The van der Waals surface area contributed by atoms with Crippen molar-refractivity contribution >= 4 is 11.6 Å². The first-order chi connectivity index (χ1) is 11.2. The molecule has 1 aromatic carbocycles. The highest BCUT2D eigenvalue weighted by molar-refractivity contribution is 5.97. The van der Waals surface area contributed by atoms with Gasteiger partial charge in [0.25, 0.3) is 5.56 Å². The molecule has 0 bridgehead atoms. The van der Waals surface area contributed by atoms with Crippen LogP contribution in [0.4, 0.5) is 10.1 Å². The lowest BCUT2D eigenvalue weighted by Gasteiger charge is -2.21. The highest BCUT2D eigenvalue weighted by Gasteiger charge is 2.38. The van der Waals surface area contributed by atoms with Crippen LogP contribution in [0.1, 0.15) is 30.7 Å². The van der Waals surface area contributed by atoms with Gasteiger partial charge in [0.1, 0.15) is 5.82 Å². The lowest BCUT2D eigenvalue weighted by Crippen LogP contribution is -2.37. The van der Waals surface area contributed by atoms with Crippen molar-refractivity contribution in [1.29, 1.82) is 0 Å². The third-order valence-electron chi connectivity index (χ3n) is 4.42. The van der Waals surface area contributed by atoms with E-state index in [2.05, 4.69) is 9.97 Å². The number of aromatic nitrogens is 2. The SMILES string of the molecule is Cc1[nH]c(=O)[nH]c(=O)c1CC(=O)N1CC(C)(C)c2ccc(F)cc21. The maximum Gasteiger partial charge on any atom is 0.325 e. The average molecular weight is 331 g/mol. The van der Waals surface area contributed by atoms with Crippen molar-refractivity contribution in [2.75, 3.05) is 11.4 Å². The van der Waals surface area contributed by atoms with Gasteiger partial charge in [-0.3, -0.25) is 14.6 Å².